The van der Waals surface area contributed by atoms with Crippen LogP contribution in [0.15, 0.2) is 55.1 Å². The van der Waals surface area contributed by atoms with E-state index in [9.17, 15) is 10.1 Å². The predicted octanol–water partition coefficient (Wildman–Crippen LogP) is 3.36. The minimum absolute atomic E-state index is 0.0942. The van der Waals surface area contributed by atoms with E-state index in [-0.39, 0.29) is 5.69 Å². The fourth-order valence-corrected chi connectivity index (χ4v) is 2.63. The van der Waals surface area contributed by atoms with Gasteiger partial charge in [0.15, 0.2) is 5.65 Å². The van der Waals surface area contributed by atoms with Crippen molar-refractivity contribution in [3.05, 3.63) is 65.8 Å². The number of aromatic nitrogens is 4. The highest BCUT2D eigenvalue weighted by Gasteiger charge is 2.08. The fraction of sp³-hybridized carbons (Fsp3) is 0.0714. The van der Waals surface area contributed by atoms with Gasteiger partial charge >= 0.3 is 0 Å². The molecule has 0 aliphatic carbocycles. The van der Waals surface area contributed by atoms with Crippen molar-refractivity contribution in [2.75, 3.05) is 0 Å². The van der Waals surface area contributed by atoms with Gasteiger partial charge in [-0.1, -0.05) is 23.9 Å². The molecule has 0 radical (unpaired) electrons. The second kappa shape index (κ2) is 7.32. The Bertz CT molecular complexity index is 772. The number of benzene rings is 1. The first kappa shape index (κ1) is 15.6. The summed E-state index contributed by atoms with van der Waals surface area (Å²) in [7, 11) is 0. The number of aromatic amines is 1. The lowest BCUT2D eigenvalue weighted by Gasteiger charge is -2.02. The van der Waals surface area contributed by atoms with E-state index in [0.29, 0.717) is 11.4 Å². The lowest BCUT2D eigenvalue weighted by atomic mass is 10.2. The van der Waals surface area contributed by atoms with E-state index in [1.807, 2.05) is 0 Å². The van der Waals surface area contributed by atoms with E-state index in [4.69, 9.17) is 0 Å². The van der Waals surface area contributed by atoms with Crippen molar-refractivity contribution >= 4 is 28.6 Å². The Morgan fingerprint density at radius 2 is 1.91 bits per heavy atom. The molecule has 3 aromatic rings. The molecular formula is C14H13N5O2S. The van der Waals surface area contributed by atoms with Crippen molar-refractivity contribution in [2.24, 2.45) is 0 Å². The smallest absolute Gasteiger partial charge is 0.269 e. The number of nitro groups is 1. The molecule has 1 N–H and O–H groups in total. The molecule has 0 fully saturated rings. The Balaban J connectivity index is 0.000000847. The highest BCUT2D eigenvalue weighted by atomic mass is 32.2. The van der Waals surface area contributed by atoms with Crippen LogP contribution in [0.25, 0.3) is 11.2 Å². The first-order valence-corrected chi connectivity index (χ1v) is 7.23. The number of nitrogens with one attached hydrogen (secondary N) is 1. The normalized spacial score (nSPS) is 10.0. The van der Waals surface area contributed by atoms with Gasteiger partial charge < -0.3 is 4.98 Å². The van der Waals surface area contributed by atoms with Gasteiger partial charge in [-0.2, -0.15) is 0 Å². The SMILES string of the molecule is C=C.O=[N+]([O-])c1ccc(CSc2ncnc3nc[nH]c23)cc1. The Hall–Kier alpha value is -2.74. The van der Waals surface area contributed by atoms with Crippen LogP contribution in [0.3, 0.4) is 0 Å². The number of rotatable bonds is 4. The first-order chi connectivity index (χ1) is 10.7. The summed E-state index contributed by atoms with van der Waals surface area (Å²) in [5.74, 6) is 0.670. The maximum absolute atomic E-state index is 10.6. The van der Waals surface area contributed by atoms with Crippen LogP contribution in [0.5, 0.6) is 0 Å². The zero-order valence-corrected chi connectivity index (χ0v) is 12.4. The Kier molecular flexibility index (Phi) is 5.21. The quantitative estimate of drug-likeness (QED) is 0.261. The van der Waals surface area contributed by atoms with Crippen molar-refractivity contribution in [1.82, 2.24) is 19.9 Å². The maximum atomic E-state index is 10.6. The van der Waals surface area contributed by atoms with Crippen LogP contribution in [0.4, 0.5) is 5.69 Å². The summed E-state index contributed by atoms with van der Waals surface area (Å²) in [6.45, 7) is 6.00. The number of H-pyrrole nitrogens is 1. The van der Waals surface area contributed by atoms with E-state index >= 15 is 0 Å². The van der Waals surface area contributed by atoms with Gasteiger partial charge in [0.2, 0.25) is 0 Å². The molecule has 0 aliphatic heterocycles. The summed E-state index contributed by atoms with van der Waals surface area (Å²) in [4.78, 5) is 25.5. The molecule has 22 heavy (non-hydrogen) atoms. The van der Waals surface area contributed by atoms with Crippen molar-refractivity contribution in [2.45, 2.75) is 10.8 Å². The second-order valence-corrected chi connectivity index (χ2v) is 4.96. The van der Waals surface area contributed by atoms with E-state index in [0.717, 1.165) is 16.1 Å². The van der Waals surface area contributed by atoms with Crippen LogP contribution in [0.2, 0.25) is 0 Å². The summed E-state index contributed by atoms with van der Waals surface area (Å²) in [6.07, 6.45) is 3.05. The highest BCUT2D eigenvalue weighted by Crippen LogP contribution is 2.26. The molecule has 2 heterocycles. The van der Waals surface area contributed by atoms with E-state index in [1.54, 1.807) is 18.5 Å². The predicted molar refractivity (Wildman–Crippen MR) is 85.6 cm³/mol. The molecule has 8 heteroatoms. The summed E-state index contributed by atoms with van der Waals surface area (Å²) in [5.41, 5.74) is 2.52. The third kappa shape index (κ3) is 3.47. The van der Waals surface area contributed by atoms with Crippen molar-refractivity contribution in [3.63, 3.8) is 0 Å². The lowest BCUT2D eigenvalue weighted by Crippen LogP contribution is -1.89. The standard InChI is InChI=1S/C12H9N5O2S.C2H4/c18-17(19)9-3-1-8(2-4-9)5-20-12-10-11(14-6-13-10)15-7-16-12;1-2/h1-4,6-7H,5H2,(H,13,14,15,16);1-2H2. The summed E-state index contributed by atoms with van der Waals surface area (Å²) in [5, 5.41) is 11.4. The Labute approximate surface area is 130 Å². The van der Waals surface area contributed by atoms with E-state index in [2.05, 4.69) is 33.1 Å². The minimum Gasteiger partial charge on any atom is -0.341 e. The van der Waals surface area contributed by atoms with Gasteiger partial charge in [0.1, 0.15) is 16.9 Å². The molecule has 0 amide bonds. The first-order valence-electron chi connectivity index (χ1n) is 6.24. The molecule has 112 valence electrons. The molecular weight excluding hydrogens is 302 g/mol. The minimum atomic E-state index is -0.407. The number of hydrogen-bond donors (Lipinski definition) is 1. The third-order valence-electron chi connectivity index (χ3n) is 2.71. The van der Waals surface area contributed by atoms with Gasteiger partial charge in [0.25, 0.3) is 5.69 Å². The zero-order valence-electron chi connectivity index (χ0n) is 11.6. The van der Waals surface area contributed by atoms with Crippen LogP contribution < -0.4 is 0 Å². The highest BCUT2D eigenvalue weighted by molar-refractivity contribution is 7.98. The van der Waals surface area contributed by atoms with Crippen molar-refractivity contribution in [1.29, 1.82) is 0 Å². The Morgan fingerprint density at radius 3 is 2.59 bits per heavy atom. The molecule has 0 saturated heterocycles. The van der Waals surface area contributed by atoms with Crippen molar-refractivity contribution in [3.8, 4) is 0 Å². The largest absolute Gasteiger partial charge is 0.341 e. The number of fused-ring (bicyclic) bond motifs is 1. The van der Waals surface area contributed by atoms with Gasteiger partial charge in [-0.15, -0.1) is 13.2 Å². The number of thioether (sulfide) groups is 1. The number of nitro benzene ring substituents is 1. The van der Waals surface area contributed by atoms with E-state index in [1.165, 1.54) is 30.2 Å². The van der Waals surface area contributed by atoms with Crippen LogP contribution in [-0.4, -0.2) is 24.9 Å². The lowest BCUT2D eigenvalue weighted by molar-refractivity contribution is -0.384. The molecule has 2 aromatic heterocycles. The molecule has 1 aromatic carbocycles. The molecule has 0 spiro atoms. The summed E-state index contributed by atoms with van der Waals surface area (Å²) in [6, 6.07) is 6.50. The number of hydrogen-bond acceptors (Lipinski definition) is 6. The van der Waals surface area contributed by atoms with Crippen molar-refractivity contribution < 1.29 is 4.92 Å². The Morgan fingerprint density at radius 1 is 1.18 bits per heavy atom. The number of nitrogens with zero attached hydrogens (tertiary/aromatic N) is 4. The molecule has 0 unspecified atom stereocenters. The van der Waals surface area contributed by atoms with Gasteiger partial charge in [-0.05, 0) is 5.56 Å². The van der Waals surface area contributed by atoms with Gasteiger partial charge in [0.05, 0.1) is 11.3 Å². The van der Waals surface area contributed by atoms with Gasteiger partial charge in [0, 0.05) is 17.9 Å². The maximum Gasteiger partial charge on any atom is 0.269 e. The molecule has 0 atom stereocenters. The van der Waals surface area contributed by atoms with Gasteiger partial charge in [-0.25, -0.2) is 15.0 Å². The average molecular weight is 315 g/mol. The number of imidazole rings is 1. The van der Waals surface area contributed by atoms with Crippen LogP contribution in [-0.2, 0) is 5.75 Å². The molecule has 0 bridgehead atoms. The molecule has 3 rings (SSSR count). The molecule has 0 saturated carbocycles. The van der Waals surface area contributed by atoms with Crippen LogP contribution >= 0.6 is 11.8 Å². The van der Waals surface area contributed by atoms with E-state index < -0.39 is 4.92 Å². The van der Waals surface area contributed by atoms with Crippen LogP contribution in [0, 0.1) is 10.1 Å². The number of non-ortho nitro benzene ring substituents is 1. The summed E-state index contributed by atoms with van der Waals surface area (Å²) >= 11 is 1.53. The second-order valence-electron chi connectivity index (χ2n) is 3.99. The topological polar surface area (TPSA) is 97.6 Å². The fourth-order valence-electron chi connectivity index (χ4n) is 1.72. The monoisotopic (exact) mass is 315 g/mol. The summed E-state index contributed by atoms with van der Waals surface area (Å²) < 4.78 is 0. The van der Waals surface area contributed by atoms with Gasteiger partial charge in [-0.3, -0.25) is 10.1 Å². The average Bonchev–Trinajstić information content (AvgIpc) is 3.04. The van der Waals surface area contributed by atoms with Crippen LogP contribution in [0.1, 0.15) is 5.56 Å². The molecule has 0 aliphatic rings. The molecule has 7 nitrogen and oxygen atoms in total. The zero-order chi connectivity index (χ0) is 15.9. The third-order valence-corrected chi connectivity index (χ3v) is 3.77.